The van der Waals surface area contributed by atoms with Crippen LogP contribution in [0.4, 0.5) is 5.69 Å². The molecule has 0 fully saturated rings. The molecule has 4 heteroatoms. The standard InChI is InChI=1S/C15H14N3Se/c1-11-7-9-12(10-8-11)14(18-15(16)19)17-13-5-3-2-4-6-13/h2-10H,1H3,(H2,16,17,18). The molecule has 0 heterocycles. The Bertz CT molecular complexity index is 597. The Morgan fingerprint density at radius 2 is 1.63 bits per heavy atom. The Hall–Kier alpha value is -1.90. The van der Waals surface area contributed by atoms with Gasteiger partial charge in [0.2, 0.25) is 0 Å². The molecular formula is C15H14N3Se. The summed E-state index contributed by atoms with van der Waals surface area (Å²) in [5.41, 5.74) is 8.61. The number of nitrogens with zero attached hydrogens (tertiary/aromatic N) is 2. The first-order chi connectivity index (χ1) is 9.15. The quantitative estimate of drug-likeness (QED) is 0.517. The van der Waals surface area contributed by atoms with E-state index in [-0.39, 0.29) is 0 Å². The topological polar surface area (TPSA) is 50.7 Å². The molecule has 0 saturated carbocycles. The van der Waals surface area contributed by atoms with Gasteiger partial charge < -0.3 is 0 Å². The van der Waals surface area contributed by atoms with Crippen LogP contribution in [0.5, 0.6) is 0 Å². The van der Waals surface area contributed by atoms with Gasteiger partial charge in [-0.15, -0.1) is 0 Å². The van der Waals surface area contributed by atoms with Gasteiger partial charge in [0.15, 0.2) is 0 Å². The van der Waals surface area contributed by atoms with Crippen LogP contribution in [0.3, 0.4) is 0 Å². The van der Waals surface area contributed by atoms with Gasteiger partial charge in [0, 0.05) is 0 Å². The first-order valence-electron chi connectivity index (χ1n) is 5.87. The predicted molar refractivity (Wildman–Crippen MR) is 81.2 cm³/mol. The first-order valence-corrected chi connectivity index (χ1v) is 6.73. The molecule has 0 saturated heterocycles. The summed E-state index contributed by atoms with van der Waals surface area (Å²) >= 11 is 2.68. The average molecular weight is 315 g/mol. The first kappa shape index (κ1) is 13.5. The van der Waals surface area contributed by atoms with Crippen LogP contribution in [0, 0.1) is 6.92 Å². The summed E-state index contributed by atoms with van der Waals surface area (Å²) in [4.78, 5) is 8.79. The summed E-state index contributed by atoms with van der Waals surface area (Å²) in [6, 6.07) is 17.7. The van der Waals surface area contributed by atoms with Crippen molar-refractivity contribution in [3.63, 3.8) is 0 Å². The molecule has 0 aliphatic rings. The number of aryl methyl sites for hydroxylation is 1. The van der Waals surface area contributed by atoms with E-state index < -0.39 is 0 Å². The zero-order valence-corrected chi connectivity index (χ0v) is 12.3. The molecule has 2 rings (SSSR count). The Morgan fingerprint density at radius 1 is 1.00 bits per heavy atom. The molecule has 0 amide bonds. The Kier molecular flexibility index (Phi) is 4.50. The number of rotatable bonds is 2. The molecule has 0 aliphatic heterocycles. The van der Waals surface area contributed by atoms with E-state index in [2.05, 4.69) is 26.0 Å². The fourth-order valence-corrected chi connectivity index (χ4v) is 1.77. The normalized spacial score (nSPS) is 12.5. The van der Waals surface area contributed by atoms with Crippen molar-refractivity contribution in [2.45, 2.75) is 6.92 Å². The second kappa shape index (κ2) is 6.32. The molecule has 0 spiro atoms. The van der Waals surface area contributed by atoms with Crippen molar-refractivity contribution in [2.75, 3.05) is 0 Å². The van der Waals surface area contributed by atoms with Gasteiger partial charge in [-0.1, -0.05) is 0 Å². The molecule has 2 aromatic rings. The van der Waals surface area contributed by atoms with E-state index in [4.69, 9.17) is 5.73 Å². The van der Waals surface area contributed by atoms with Crippen molar-refractivity contribution < 1.29 is 0 Å². The van der Waals surface area contributed by atoms with Crippen LogP contribution < -0.4 is 5.73 Å². The van der Waals surface area contributed by atoms with E-state index in [1.165, 1.54) is 5.56 Å². The van der Waals surface area contributed by atoms with Gasteiger partial charge in [0.05, 0.1) is 0 Å². The Labute approximate surface area is 121 Å². The van der Waals surface area contributed by atoms with Crippen molar-refractivity contribution in [1.29, 1.82) is 0 Å². The van der Waals surface area contributed by atoms with Crippen LogP contribution in [0.15, 0.2) is 64.6 Å². The third kappa shape index (κ3) is 4.05. The zero-order valence-electron chi connectivity index (χ0n) is 10.6. The molecule has 0 aromatic heterocycles. The van der Waals surface area contributed by atoms with E-state index in [1.54, 1.807) is 0 Å². The molecule has 2 aromatic carbocycles. The third-order valence-corrected chi connectivity index (χ3v) is 2.71. The maximum absolute atomic E-state index is 5.63. The van der Waals surface area contributed by atoms with Crippen LogP contribution in [0.25, 0.3) is 0 Å². The van der Waals surface area contributed by atoms with Crippen LogP contribution in [0.1, 0.15) is 11.1 Å². The Morgan fingerprint density at radius 3 is 2.21 bits per heavy atom. The minimum atomic E-state index is 0.371. The summed E-state index contributed by atoms with van der Waals surface area (Å²) in [7, 11) is 0. The van der Waals surface area contributed by atoms with Crippen molar-refractivity contribution in [3.8, 4) is 0 Å². The van der Waals surface area contributed by atoms with Crippen LogP contribution in [-0.2, 0) is 0 Å². The molecule has 1 radical (unpaired) electrons. The summed E-state index contributed by atoms with van der Waals surface area (Å²) in [6.07, 6.45) is 0. The fraction of sp³-hybridized carbons (Fsp3) is 0.0667. The fourth-order valence-electron chi connectivity index (χ4n) is 1.59. The van der Waals surface area contributed by atoms with Gasteiger partial charge in [0.25, 0.3) is 0 Å². The predicted octanol–water partition coefficient (Wildman–Crippen LogP) is 2.56. The van der Waals surface area contributed by atoms with Crippen molar-refractivity contribution in [2.24, 2.45) is 15.7 Å². The number of benzene rings is 2. The van der Waals surface area contributed by atoms with Crippen molar-refractivity contribution in [3.05, 3.63) is 65.7 Å². The number of aliphatic imine (C=N–C) groups is 2. The SMILES string of the molecule is Cc1ccc(C(N=C(N)[Se])=Nc2ccccc2)cc1. The van der Waals surface area contributed by atoms with Crippen molar-refractivity contribution in [1.82, 2.24) is 0 Å². The number of amidine groups is 2. The van der Waals surface area contributed by atoms with E-state index in [1.807, 2.05) is 61.5 Å². The summed E-state index contributed by atoms with van der Waals surface area (Å²) in [5.74, 6) is 0.599. The molecule has 3 nitrogen and oxygen atoms in total. The molecule has 0 unspecified atom stereocenters. The minimum absolute atomic E-state index is 0.371. The summed E-state index contributed by atoms with van der Waals surface area (Å²) in [6.45, 7) is 2.04. The molecule has 2 N–H and O–H groups in total. The number of hydrogen-bond donors (Lipinski definition) is 1. The van der Waals surface area contributed by atoms with Gasteiger partial charge in [-0.05, 0) is 0 Å². The van der Waals surface area contributed by atoms with E-state index in [0.717, 1.165) is 11.3 Å². The van der Waals surface area contributed by atoms with Gasteiger partial charge >= 0.3 is 121 Å². The molecule has 0 atom stereocenters. The summed E-state index contributed by atoms with van der Waals surface area (Å²) in [5, 5.41) is 0. The second-order valence-corrected chi connectivity index (χ2v) is 4.96. The zero-order chi connectivity index (χ0) is 13.7. The summed E-state index contributed by atoms with van der Waals surface area (Å²) < 4.78 is 0.371. The molecule has 95 valence electrons. The molecule has 19 heavy (non-hydrogen) atoms. The van der Waals surface area contributed by atoms with Gasteiger partial charge in [-0.2, -0.15) is 0 Å². The maximum atomic E-state index is 5.63. The van der Waals surface area contributed by atoms with Gasteiger partial charge in [0.1, 0.15) is 0 Å². The van der Waals surface area contributed by atoms with Crippen LogP contribution in [-0.4, -0.2) is 26.6 Å². The van der Waals surface area contributed by atoms with E-state index >= 15 is 0 Å². The van der Waals surface area contributed by atoms with Crippen molar-refractivity contribution >= 4 is 32.3 Å². The molecule has 0 aliphatic carbocycles. The van der Waals surface area contributed by atoms with Gasteiger partial charge in [-0.3, -0.25) is 0 Å². The monoisotopic (exact) mass is 316 g/mol. The average Bonchev–Trinajstić information content (AvgIpc) is 2.39. The second-order valence-electron chi connectivity index (χ2n) is 4.09. The van der Waals surface area contributed by atoms with E-state index in [0.29, 0.717) is 10.6 Å². The van der Waals surface area contributed by atoms with Crippen LogP contribution in [0.2, 0.25) is 0 Å². The number of hydrogen-bond acceptors (Lipinski definition) is 1. The molecular weight excluding hydrogens is 301 g/mol. The number of nitrogens with two attached hydrogens (primary N) is 1. The van der Waals surface area contributed by atoms with Crippen LogP contribution >= 0.6 is 0 Å². The van der Waals surface area contributed by atoms with Gasteiger partial charge in [-0.25, -0.2) is 0 Å². The Balaban J connectivity index is 2.45. The molecule has 0 bridgehead atoms. The van der Waals surface area contributed by atoms with E-state index in [9.17, 15) is 0 Å². The third-order valence-electron chi connectivity index (χ3n) is 2.52. The number of para-hydroxylation sites is 1.